The van der Waals surface area contributed by atoms with E-state index in [0.717, 1.165) is 10.5 Å². The van der Waals surface area contributed by atoms with Crippen molar-refractivity contribution in [1.29, 1.82) is 0 Å². The number of hydrogen-bond acceptors (Lipinski definition) is 3. The first kappa shape index (κ1) is 10.9. The van der Waals surface area contributed by atoms with Crippen LogP contribution in [-0.4, -0.2) is 16.3 Å². The van der Waals surface area contributed by atoms with E-state index >= 15 is 0 Å². The van der Waals surface area contributed by atoms with Crippen molar-refractivity contribution < 1.29 is 9.90 Å². The van der Waals surface area contributed by atoms with Gasteiger partial charge in [0, 0.05) is 10.6 Å². The Balaban J connectivity index is 2.85. The SMILES string of the molecule is Cc1ccc(N)c(SC(C)C(=O)O)c1. The molecule has 0 aliphatic carbocycles. The van der Waals surface area contributed by atoms with Gasteiger partial charge in [0.05, 0.1) is 0 Å². The van der Waals surface area contributed by atoms with E-state index in [9.17, 15) is 4.79 Å². The molecule has 0 spiro atoms. The lowest BCUT2D eigenvalue weighted by Gasteiger charge is -2.09. The standard InChI is InChI=1S/C10H13NO2S/c1-6-3-4-8(11)9(5-6)14-7(2)10(12)13/h3-5,7H,11H2,1-2H3,(H,12,13). The molecule has 76 valence electrons. The number of anilines is 1. The molecule has 0 saturated heterocycles. The number of hydrogen-bond donors (Lipinski definition) is 2. The molecule has 0 bridgehead atoms. The van der Waals surface area contributed by atoms with Crippen molar-refractivity contribution in [2.45, 2.75) is 24.0 Å². The van der Waals surface area contributed by atoms with Crippen LogP contribution < -0.4 is 5.73 Å². The lowest BCUT2D eigenvalue weighted by Crippen LogP contribution is -2.11. The molecule has 0 heterocycles. The molecule has 1 unspecified atom stereocenters. The summed E-state index contributed by atoms with van der Waals surface area (Å²) in [6, 6.07) is 5.61. The quantitative estimate of drug-likeness (QED) is 0.594. The van der Waals surface area contributed by atoms with Gasteiger partial charge in [0.2, 0.25) is 0 Å². The van der Waals surface area contributed by atoms with Crippen LogP contribution in [-0.2, 0) is 4.79 Å². The minimum Gasteiger partial charge on any atom is -0.480 e. The number of rotatable bonds is 3. The Hall–Kier alpha value is -1.16. The summed E-state index contributed by atoms with van der Waals surface area (Å²) >= 11 is 1.27. The van der Waals surface area contributed by atoms with Crippen molar-refractivity contribution in [3.8, 4) is 0 Å². The molecule has 1 atom stereocenters. The zero-order chi connectivity index (χ0) is 10.7. The van der Waals surface area contributed by atoms with Gasteiger partial charge in [-0.25, -0.2) is 0 Å². The fraction of sp³-hybridized carbons (Fsp3) is 0.300. The van der Waals surface area contributed by atoms with Crippen LogP contribution >= 0.6 is 11.8 Å². The molecule has 0 saturated carbocycles. The van der Waals surface area contributed by atoms with Crippen molar-refractivity contribution in [3.63, 3.8) is 0 Å². The highest BCUT2D eigenvalue weighted by Gasteiger charge is 2.13. The van der Waals surface area contributed by atoms with Crippen molar-refractivity contribution in [3.05, 3.63) is 23.8 Å². The van der Waals surface area contributed by atoms with E-state index in [4.69, 9.17) is 10.8 Å². The second-order valence-electron chi connectivity index (χ2n) is 3.14. The van der Waals surface area contributed by atoms with Gasteiger partial charge in [-0.15, -0.1) is 11.8 Å². The van der Waals surface area contributed by atoms with Crippen molar-refractivity contribution >= 4 is 23.4 Å². The Morgan fingerprint density at radius 1 is 1.57 bits per heavy atom. The maximum absolute atomic E-state index is 10.6. The molecule has 1 rings (SSSR count). The van der Waals surface area contributed by atoms with Crippen LogP contribution in [0.4, 0.5) is 5.69 Å². The molecule has 0 fully saturated rings. The molecule has 1 aromatic carbocycles. The largest absolute Gasteiger partial charge is 0.480 e. The van der Waals surface area contributed by atoms with Crippen molar-refractivity contribution in [2.75, 3.05) is 5.73 Å². The summed E-state index contributed by atoms with van der Waals surface area (Å²) < 4.78 is 0. The highest BCUT2D eigenvalue weighted by Crippen LogP contribution is 2.29. The molecule has 1 aromatic rings. The van der Waals surface area contributed by atoms with Crippen molar-refractivity contribution in [1.82, 2.24) is 0 Å². The number of benzene rings is 1. The predicted octanol–water partition coefficient (Wildman–Crippen LogP) is 2.14. The maximum atomic E-state index is 10.6. The zero-order valence-corrected chi connectivity index (χ0v) is 8.97. The molecule has 4 heteroatoms. The number of aryl methyl sites for hydroxylation is 1. The van der Waals surface area contributed by atoms with Gasteiger partial charge in [0.25, 0.3) is 0 Å². The fourth-order valence-electron chi connectivity index (χ4n) is 0.985. The monoisotopic (exact) mass is 211 g/mol. The second kappa shape index (κ2) is 4.37. The third kappa shape index (κ3) is 2.67. The minimum atomic E-state index is -0.823. The first-order chi connectivity index (χ1) is 6.50. The van der Waals surface area contributed by atoms with Crippen LogP contribution in [0.3, 0.4) is 0 Å². The number of carboxylic acid groups (broad SMARTS) is 1. The summed E-state index contributed by atoms with van der Waals surface area (Å²) in [5, 5.41) is 8.27. The summed E-state index contributed by atoms with van der Waals surface area (Å²) in [4.78, 5) is 11.5. The summed E-state index contributed by atoms with van der Waals surface area (Å²) in [6.07, 6.45) is 0. The summed E-state index contributed by atoms with van der Waals surface area (Å²) in [7, 11) is 0. The van der Waals surface area contributed by atoms with Crippen LogP contribution in [0.15, 0.2) is 23.1 Å². The van der Waals surface area contributed by atoms with E-state index in [1.807, 2.05) is 19.1 Å². The molecule has 0 radical (unpaired) electrons. The molecule has 3 nitrogen and oxygen atoms in total. The minimum absolute atomic E-state index is 0.473. The van der Waals surface area contributed by atoms with Crippen LogP contribution in [0.25, 0.3) is 0 Å². The lowest BCUT2D eigenvalue weighted by atomic mass is 10.2. The number of nitrogen functional groups attached to an aromatic ring is 1. The molecular formula is C10H13NO2S. The fourth-order valence-corrected chi connectivity index (χ4v) is 1.92. The predicted molar refractivity (Wildman–Crippen MR) is 58.5 cm³/mol. The number of nitrogens with two attached hydrogens (primary N) is 1. The third-order valence-corrected chi connectivity index (χ3v) is 2.98. The summed E-state index contributed by atoms with van der Waals surface area (Å²) in [6.45, 7) is 3.60. The van der Waals surface area contributed by atoms with Crippen LogP contribution in [0, 0.1) is 6.92 Å². The molecule has 14 heavy (non-hydrogen) atoms. The molecule has 3 N–H and O–H groups in total. The normalized spacial score (nSPS) is 12.4. The molecule has 0 amide bonds. The highest BCUT2D eigenvalue weighted by molar-refractivity contribution is 8.00. The molecule has 0 aliphatic heterocycles. The van der Waals surface area contributed by atoms with Gasteiger partial charge in [-0.1, -0.05) is 6.07 Å². The molecule has 0 aromatic heterocycles. The van der Waals surface area contributed by atoms with Gasteiger partial charge < -0.3 is 10.8 Å². The summed E-state index contributed by atoms with van der Waals surface area (Å²) in [5.74, 6) is -0.823. The highest BCUT2D eigenvalue weighted by atomic mass is 32.2. The first-order valence-corrected chi connectivity index (χ1v) is 5.14. The van der Waals surface area contributed by atoms with Gasteiger partial charge in [0.15, 0.2) is 0 Å². The first-order valence-electron chi connectivity index (χ1n) is 4.26. The Labute approximate surface area is 87.3 Å². The molecule has 0 aliphatic rings. The Kier molecular flexibility index (Phi) is 3.41. The van der Waals surface area contributed by atoms with E-state index in [2.05, 4.69) is 0 Å². The van der Waals surface area contributed by atoms with Gasteiger partial charge in [-0.05, 0) is 31.5 Å². The van der Waals surface area contributed by atoms with E-state index in [1.54, 1.807) is 13.0 Å². The number of carbonyl (C=O) groups is 1. The second-order valence-corrected chi connectivity index (χ2v) is 4.52. The van der Waals surface area contributed by atoms with E-state index in [-0.39, 0.29) is 0 Å². The Bertz CT molecular complexity index is 352. The topological polar surface area (TPSA) is 63.3 Å². The average molecular weight is 211 g/mol. The number of carboxylic acids is 1. The third-order valence-electron chi connectivity index (χ3n) is 1.82. The van der Waals surface area contributed by atoms with E-state index in [0.29, 0.717) is 5.69 Å². The van der Waals surface area contributed by atoms with Gasteiger partial charge in [0.1, 0.15) is 5.25 Å². The average Bonchev–Trinajstić information content (AvgIpc) is 2.11. The van der Waals surface area contributed by atoms with Crippen LogP contribution in [0.2, 0.25) is 0 Å². The molecular weight excluding hydrogens is 198 g/mol. The Morgan fingerprint density at radius 2 is 2.21 bits per heavy atom. The number of thioether (sulfide) groups is 1. The number of aliphatic carboxylic acids is 1. The lowest BCUT2D eigenvalue weighted by molar-refractivity contribution is -0.136. The van der Waals surface area contributed by atoms with Crippen LogP contribution in [0.1, 0.15) is 12.5 Å². The van der Waals surface area contributed by atoms with Gasteiger partial charge in [-0.3, -0.25) is 4.79 Å². The Morgan fingerprint density at radius 3 is 2.79 bits per heavy atom. The smallest absolute Gasteiger partial charge is 0.316 e. The van der Waals surface area contributed by atoms with Gasteiger partial charge in [-0.2, -0.15) is 0 Å². The van der Waals surface area contributed by atoms with E-state index < -0.39 is 11.2 Å². The van der Waals surface area contributed by atoms with Crippen molar-refractivity contribution in [2.24, 2.45) is 0 Å². The maximum Gasteiger partial charge on any atom is 0.316 e. The van der Waals surface area contributed by atoms with Gasteiger partial charge >= 0.3 is 5.97 Å². The van der Waals surface area contributed by atoms with E-state index in [1.165, 1.54) is 11.8 Å². The summed E-state index contributed by atoms with van der Waals surface area (Å²) in [5.41, 5.74) is 7.44. The zero-order valence-electron chi connectivity index (χ0n) is 8.15. The van der Waals surface area contributed by atoms with Crippen LogP contribution in [0.5, 0.6) is 0 Å².